The van der Waals surface area contributed by atoms with Crippen molar-refractivity contribution in [3.8, 4) is 0 Å². The van der Waals surface area contributed by atoms with Crippen molar-refractivity contribution in [2.75, 3.05) is 0 Å². The SMILES string of the molecule is CC(C)(C)C1c2c(Cl)nc(Cl)nc2CN1C(=O)O. The summed E-state index contributed by atoms with van der Waals surface area (Å²) in [6.07, 6.45) is -1.000. The van der Waals surface area contributed by atoms with Gasteiger partial charge in [-0.15, -0.1) is 0 Å². The van der Waals surface area contributed by atoms with Gasteiger partial charge in [0.2, 0.25) is 5.28 Å². The van der Waals surface area contributed by atoms with Gasteiger partial charge in [0.25, 0.3) is 0 Å². The normalized spacial score (nSPS) is 18.9. The highest BCUT2D eigenvalue weighted by atomic mass is 35.5. The number of halogens is 2. The second-order valence-electron chi connectivity index (χ2n) is 5.32. The Bertz CT molecular complexity index is 514. The maximum atomic E-state index is 11.3. The first kappa shape index (κ1) is 13.4. The molecule has 0 bridgehead atoms. The van der Waals surface area contributed by atoms with E-state index in [2.05, 4.69) is 9.97 Å². The van der Waals surface area contributed by atoms with E-state index >= 15 is 0 Å². The van der Waals surface area contributed by atoms with Crippen LogP contribution in [0.3, 0.4) is 0 Å². The van der Waals surface area contributed by atoms with E-state index in [1.54, 1.807) is 0 Å². The van der Waals surface area contributed by atoms with Gasteiger partial charge in [0.1, 0.15) is 5.15 Å². The number of amides is 1. The number of nitrogens with zero attached hydrogens (tertiary/aromatic N) is 3. The predicted molar refractivity (Wildman–Crippen MR) is 67.8 cm³/mol. The lowest BCUT2D eigenvalue weighted by Crippen LogP contribution is -2.35. The Balaban J connectivity index is 2.60. The molecule has 0 saturated carbocycles. The van der Waals surface area contributed by atoms with E-state index in [1.807, 2.05) is 20.8 Å². The molecular weight excluding hydrogens is 277 g/mol. The lowest BCUT2D eigenvalue weighted by atomic mass is 9.83. The van der Waals surface area contributed by atoms with Gasteiger partial charge in [-0.2, -0.15) is 0 Å². The van der Waals surface area contributed by atoms with Crippen LogP contribution in [-0.4, -0.2) is 26.1 Å². The third kappa shape index (κ3) is 2.12. The zero-order valence-corrected chi connectivity index (χ0v) is 11.7. The average Bonchev–Trinajstić information content (AvgIpc) is 2.55. The molecular formula is C11H13Cl2N3O2. The van der Waals surface area contributed by atoms with Gasteiger partial charge < -0.3 is 5.11 Å². The molecule has 2 rings (SSSR count). The van der Waals surface area contributed by atoms with E-state index < -0.39 is 6.09 Å². The highest BCUT2D eigenvalue weighted by molar-refractivity contribution is 6.32. The van der Waals surface area contributed by atoms with Crippen molar-refractivity contribution in [3.63, 3.8) is 0 Å². The molecule has 0 saturated heterocycles. The van der Waals surface area contributed by atoms with Crippen molar-refractivity contribution in [1.82, 2.24) is 14.9 Å². The van der Waals surface area contributed by atoms with Crippen LogP contribution in [0, 0.1) is 5.41 Å². The Kier molecular flexibility index (Phi) is 3.15. The van der Waals surface area contributed by atoms with E-state index in [1.165, 1.54) is 4.90 Å². The molecule has 5 nitrogen and oxygen atoms in total. The molecule has 0 aliphatic carbocycles. The lowest BCUT2D eigenvalue weighted by molar-refractivity contribution is 0.0898. The first-order chi connectivity index (χ1) is 8.21. The summed E-state index contributed by atoms with van der Waals surface area (Å²) in [5, 5.41) is 9.55. The summed E-state index contributed by atoms with van der Waals surface area (Å²) in [6, 6.07) is -0.366. The van der Waals surface area contributed by atoms with Crippen LogP contribution in [0.1, 0.15) is 38.1 Å². The lowest BCUT2D eigenvalue weighted by Gasteiger charge is -2.33. The number of carbonyl (C=O) groups is 1. The minimum atomic E-state index is -1.000. The predicted octanol–water partition coefficient (Wildman–Crippen LogP) is 3.36. The van der Waals surface area contributed by atoms with Crippen LogP contribution in [0.25, 0.3) is 0 Å². The zero-order chi connectivity index (χ0) is 13.7. The summed E-state index contributed by atoms with van der Waals surface area (Å²) < 4.78 is 0. The van der Waals surface area contributed by atoms with Gasteiger partial charge in [-0.25, -0.2) is 14.8 Å². The molecule has 2 heterocycles. The van der Waals surface area contributed by atoms with E-state index in [9.17, 15) is 9.90 Å². The van der Waals surface area contributed by atoms with Gasteiger partial charge in [-0.3, -0.25) is 4.90 Å². The molecule has 0 radical (unpaired) electrons. The Hall–Kier alpha value is -1.07. The van der Waals surface area contributed by atoms with Gasteiger partial charge in [-0.1, -0.05) is 32.4 Å². The topological polar surface area (TPSA) is 66.3 Å². The minimum absolute atomic E-state index is 0.0404. The fraction of sp³-hybridized carbons (Fsp3) is 0.545. The molecule has 1 aromatic heterocycles. The standard InChI is InChI=1S/C11H13Cl2N3O2/c1-11(2,3)7-6-5(4-16(7)10(17)18)14-9(13)15-8(6)12/h7H,4H2,1-3H3,(H,17,18). The maximum Gasteiger partial charge on any atom is 0.408 e. The summed E-state index contributed by atoms with van der Waals surface area (Å²) >= 11 is 11.8. The largest absolute Gasteiger partial charge is 0.465 e. The molecule has 1 N–H and O–H groups in total. The molecule has 1 atom stereocenters. The second kappa shape index (κ2) is 4.24. The highest BCUT2D eigenvalue weighted by Gasteiger charge is 2.43. The van der Waals surface area contributed by atoms with Crippen LogP contribution in [0.4, 0.5) is 4.79 Å². The van der Waals surface area contributed by atoms with Crippen molar-refractivity contribution < 1.29 is 9.90 Å². The van der Waals surface area contributed by atoms with Gasteiger partial charge in [-0.05, 0) is 17.0 Å². The molecule has 1 amide bonds. The van der Waals surface area contributed by atoms with Crippen LogP contribution < -0.4 is 0 Å². The molecule has 98 valence electrons. The van der Waals surface area contributed by atoms with Gasteiger partial charge in [0.05, 0.1) is 18.3 Å². The molecule has 1 unspecified atom stereocenters. The molecule has 0 fully saturated rings. The van der Waals surface area contributed by atoms with Crippen LogP contribution >= 0.6 is 23.2 Å². The highest BCUT2D eigenvalue weighted by Crippen LogP contribution is 2.46. The van der Waals surface area contributed by atoms with E-state index in [4.69, 9.17) is 23.2 Å². The molecule has 1 aliphatic rings. The Morgan fingerprint density at radius 2 is 2.00 bits per heavy atom. The summed E-state index contributed by atoms with van der Waals surface area (Å²) in [5.74, 6) is 0. The fourth-order valence-corrected chi connectivity index (χ4v) is 2.86. The molecule has 7 heteroatoms. The molecule has 0 aromatic carbocycles. The van der Waals surface area contributed by atoms with E-state index in [-0.39, 0.29) is 28.4 Å². The van der Waals surface area contributed by atoms with Crippen LogP contribution in [0.15, 0.2) is 0 Å². The van der Waals surface area contributed by atoms with Crippen molar-refractivity contribution in [3.05, 3.63) is 21.7 Å². The van der Waals surface area contributed by atoms with Crippen LogP contribution in [-0.2, 0) is 6.54 Å². The number of rotatable bonds is 0. The fourth-order valence-electron chi connectivity index (χ4n) is 2.34. The summed E-state index contributed by atoms with van der Waals surface area (Å²) in [6.45, 7) is 6.05. The van der Waals surface area contributed by atoms with Crippen molar-refractivity contribution in [2.45, 2.75) is 33.4 Å². The first-order valence-electron chi connectivity index (χ1n) is 5.43. The molecule has 1 aromatic rings. The number of hydrogen-bond acceptors (Lipinski definition) is 3. The Labute approximate surface area is 115 Å². The monoisotopic (exact) mass is 289 g/mol. The number of carboxylic acid groups (broad SMARTS) is 1. The van der Waals surface area contributed by atoms with Gasteiger partial charge in [0, 0.05) is 5.56 Å². The summed E-state index contributed by atoms with van der Waals surface area (Å²) in [4.78, 5) is 20.6. The van der Waals surface area contributed by atoms with Crippen molar-refractivity contribution in [1.29, 1.82) is 0 Å². The average molecular weight is 290 g/mol. The number of aromatic nitrogens is 2. The first-order valence-corrected chi connectivity index (χ1v) is 6.18. The minimum Gasteiger partial charge on any atom is -0.465 e. The van der Waals surface area contributed by atoms with Crippen molar-refractivity contribution >= 4 is 29.3 Å². The van der Waals surface area contributed by atoms with Crippen LogP contribution in [0.5, 0.6) is 0 Å². The Morgan fingerprint density at radius 1 is 1.39 bits per heavy atom. The van der Waals surface area contributed by atoms with Crippen LogP contribution in [0.2, 0.25) is 10.4 Å². The zero-order valence-electron chi connectivity index (χ0n) is 10.2. The summed E-state index contributed by atoms with van der Waals surface area (Å²) in [7, 11) is 0. The third-order valence-electron chi connectivity index (χ3n) is 2.92. The van der Waals surface area contributed by atoms with Crippen molar-refractivity contribution in [2.24, 2.45) is 5.41 Å². The van der Waals surface area contributed by atoms with E-state index in [0.29, 0.717) is 11.3 Å². The summed E-state index contributed by atoms with van der Waals surface area (Å²) in [5.41, 5.74) is 0.947. The number of fused-ring (bicyclic) bond motifs is 1. The molecule has 1 aliphatic heterocycles. The smallest absolute Gasteiger partial charge is 0.408 e. The number of hydrogen-bond donors (Lipinski definition) is 1. The third-order valence-corrected chi connectivity index (χ3v) is 3.38. The Morgan fingerprint density at radius 3 is 2.50 bits per heavy atom. The molecule has 18 heavy (non-hydrogen) atoms. The maximum absolute atomic E-state index is 11.3. The van der Waals surface area contributed by atoms with E-state index in [0.717, 1.165) is 0 Å². The quantitative estimate of drug-likeness (QED) is 0.587. The van der Waals surface area contributed by atoms with Gasteiger partial charge >= 0.3 is 6.09 Å². The van der Waals surface area contributed by atoms with Gasteiger partial charge in [0.15, 0.2) is 0 Å². The molecule has 0 spiro atoms. The second-order valence-corrected chi connectivity index (χ2v) is 6.02.